The van der Waals surface area contributed by atoms with Crippen molar-refractivity contribution >= 4 is 11.9 Å². The Morgan fingerprint density at radius 2 is 1.84 bits per heavy atom. The lowest BCUT2D eigenvalue weighted by Crippen LogP contribution is -2.12. The molecule has 1 unspecified atom stereocenters. The maximum absolute atomic E-state index is 11.6. The second-order valence-electron chi connectivity index (χ2n) is 3.81. The summed E-state index contributed by atoms with van der Waals surface area (Å²) in [6, 6.07) is 4.15. The van der Waals surface area contributed by atoms with Gasteiger partial charge in [0.1, 0.15) is 0 Å². The summed E-state index contributed by atoms with van der Waals surface area (Å²) in [7, 11) is 2.46. The molecule has 0 aromatic heterocycles. The lowest BCUT2D eigenvalue weighted by molar-refractivity contribution is 0.0578. The van der Waals surface area contributed by atoms with Gasteiger partial charge in [-0.3, -0.25) is 0 Å². The van der Waals surface area contributed by atoms with Crippen molar-refractivity contribution in [2.45, 2.75) is 12.5 Å². The van der Waals surface area contributed by atoms with E-state index >= 15 is 0 Å². The molecule has 6 heteroatoms. The Kier molecular flexibility index (Phi) is 5.47. The molecular formula is C13H16O6. The fourth-order valence-electron chi connectivity index (χ4n) is 1.66. The Balaban J connectivity index is 3.25. The van der Waals surface area contributed by atoms with Gasteiger partial charge in [-0.25, -0.2) is 9.59 Å². The van der Waals surface area contributed by atoms with Crippen molar-refractivity contribution in [1.29, 1.82) is 0 Å². The topological polar surface area (TPSA) is 93.1 Å². The summed E-state index contributed by atoms with van der Waals surface area (Å²) in [4.78, 5) is 23.0. The van der Waals surface area contributed by atoms with Crippen LogP contribution in [0.4, 0.5) is 0 Å². The van der Waals surface area contributed by atoms with E-state index in [1.807, 2.05) is 0 Å². The number of carbonyl (C=O) groups is 2. The molecular weight excluding hydrogens is 252 g/mol. The quantitative estimate of drug-likeness (QED) is 0.763. The van der Waals surface area contributed by atoms with Crippen LogP contribution in [-0.2, 0) is 9.47 Å². The molecule has 1 atom stereocenters. The standard InChI is InChI=1S/C13H16O6/c1-18-12(16)8-3-4-9(13(17)19-2)10(7-8)11(15)5-6-14/h3-4,7,11,14-15H,5-6H2,1-2H3. The molecule has 1 aromatic rings. The molecule has 0 amide bonds. The van der Waals surface area contributed by atoms with Gasteiger partial charge < -0.3 is 19.7 Å². The average molecular weight is 268 g/mol. The number of carbonyl (C=O) groups excluding carboxylic acids is 2. The minimum Gasteiger partial charge on any atom is -0.465 e. The highest BCUT2D eigenvalue weighted by Crippen LogP contribution is 2.23. The molecule has 104 valence electrons. The second-order valence-corrected chi connectivity index (χ2v) is 3.81. The summed E-state index contributed by atoms with van der Waals surface area (Å²) < 4.78 is 9.17. The first-order valence-electron chi connectivity index (χ1n) is 5.64. The monoisotopic (exact) mass is 268 g/mol. The number of hydrogen-bond donors (Lipinski definition) is 2. The highest BCUT2D eigenvalue weighted by atomic mass is 16.5. The summed E-state index contributed by atoms with van der Waals surface area (Å²) in [6.45, 7) is -0.246. The number of esters is 2. The van der Waals surface area contributed by atoms with Crippen LogP contribution in [-0.4, -0.2) is 43.0 Å². The second kappa shape index (κ2) is 6.86. The number of hydrogen-bond acceptors (Lipinski definition) is 6. The van der Waals surface area contributed by atoms with Crippen LogP contribution in [0.1, 0.15) is 38.8 Å². The molecule has 0 bridgehead atoms. The maximum Gasteiger partial charge on any atom is 0.338 e. The van der Waals surface area contributed by atoms with Gasteiger partial charge in [0.05, 0.1) is 31.5 Å². The molecule has 0 fully saturated rings. The molecule has 0 spiro atoms. The number of aliphatic hydroxyl groups excluding tert-OH is 2. The first-order valence-corrected chi connectivity index (χ1v) is 5.64. The Morgan fingerprint density at radius 3 is 2.37 bits per heavy atom. The number of methoxy groups -OCH3 is 2. The Hall–Kier alpha value is -1.92. The van der Waals surface area contributed by atoms with Crippen molar-refractivity contribution in [2.24, 2.45) is 0 Å². The molecule has 1 rings (SSSR count). The van der Waals surface area contributed by atoms with E-state index in [-0.39, 0.29) is 29.7 Å². The number of rotatable bonds is 5. The Bertz CT molecular complexity index is 468. The highest BCUT2D eigenvalue weighted by molar-refractivity contribution is 5.94. The van der Waals surface area contributed by atoms with Crippen LogP contribution in [0.5, 0.6) is 0 Å². The van der Waals surface area contributed by atoms with E-state index in [2.05, 4.69) is 9.47 Å². The summed E-state index contributed by atoms with van der Waals surface area (Å²) in [6.07, 6.45) is -1.02. The van der Waals surface area contributed by atoms with Crippen molar-refractivity contribution in [1.82, 2.24) is 0 Å². The molecule has 0 saturated heterocycles. The number of benzene rings is 1. The van der Waals surface area contributed by atoms with Crippen LogP contribution in [0.3, 0.4) is 0 Å². The van der Waals surface area contributed by atoms with E-state index < -0.39 is 18.0 Å². The molecule has 0 aliphatic heterocycles. The molecule has 0 heterocycles. The van der Waals surface area contributed by atoms with Crippen molar-refractivity contribution in [3.05, 3.63) is 34.9 Å². The zero-order valence-electron chi connectivity index (χ0n) is 10.8. The molecule has 19 heavy (non-hydrogen) atoms. The number of aliphatic hydroxyl groups is 2. The van der Waals surface area contributed by atoms with Gasteiger partial charge in [0, 0.05) is 13.0 Å². The lowest BCUT2D eigenvalue weighted by atomic mass is 9.97. The largest absolute Gasteiger partial charge is 0.465 e. The minimum atomic E-state index is -1.07. The summed E-state index contributed by atoms with van der Waals surface area (Å²) in [5.74, 6) is -1.20. The van der Waals surface area contributed by atoms with Crippen LogP contribution in [0.2, 0.25) is 0 Å². The van der Waals surface area contributed by atoms with E-state index in [9.17, 15) is 14.7 Å². The molecule has 1 aromatic carbocycles. The molecule has 2 N–H and O–H groups in total. The van der Waals surface area contributed by atoms with Crippen LogP contribution < -0.4 is 0 Å². The van der Waals surface area contributed by atoms with Gasteiger partial charge in [0.15, 0.2) is 0 Å². The van der Waals surface area contributed by atoms with Crippen LogP contribution in [0, 0.1) is 0 Å². The highest BCUT2D eigenvalue weighted by Gasteiger charge is 2.20. The van der Waals surface area contributed by atoms with Crippen LogP contribution >= 0.6 is 0 Å². The van der Waals surface area contributed by atoms with E-state index in [4.69, 9.17) is 5.11 Å². The van der Waals surface area contributed by atoms with Gasteiger partial charge in [0.25, 0.3) is 0 Å². The van der Waals surface area contributed by atoms with Gasteiger partial charge in [-0.1, -0.05) is 0 Å². The molecule has 6 nitrogen and oxygen atoms in total. The zero-order chi connectivity index (χ0) is 14.4. The maximum atomic E-state index is 11.6. The fourth-order valence-corrected chi connectivity index (χ4v) is 1.66. The third-order valence-corrected chi connectivity index (χ3v) is 2.64. The van der Waals surface area contributed by atoms with Crippen molar-refractivity contribution in [2.75, 3.05) is 20.8 Å². The fraction of sp³-hybridized carbons (Fsp3) is 0.385. The lowest BCUT2D eigenvalue weighted by Gasteiger charge is -2.14. The molecule has 0 aliphatic rings. The SMILES string of the molecule is COC(=O)c1ccc(C(=O)OC)c(C(O)CCO)c1. The summed E-state index contributed by atoms with van der Waals surface area (Å²) >= 11 is 0. The van der Waals surface area contributed by atoms with Crippen molar-refractivity contribution < 1.29 is 29.3 Å². The first kappa shape index (κ1) is 15.1. The molecule has 0 saturated carbocycles. The zero-order valence-corrected chi connectivity index (χ0v) is 10.8. The summed E-state index contributed by atoms with van der Waals surface area (Å²) in [5, 5.41) is 18.7. The Labute approximate surface area is 110 Å². The average Bonchev–Trinajstić information content (AvgIpc) is 2.45. The number of ether oxygens (including phenoxy) is 2. The van der Waals surface area contributed by atoms with E-state index in [1.165, 1.54) is 32.4 Å². The van der Waals surface area contributed by atoms with Gasteiger partial charge in [-0.2, -0.15) is 0 Å². The van der Waals surface area contributed by atoms with E-state index in [0.717, 1.165) is 0 Å². The summed E-state index contributed by atoms with van der Waals surface area (Å²) in [5.41, 5.74) is 0.585. The van der Waals surface area contributed by atoms with Gasteiger partial charge in [-0.15, -0.1) is 0 Å². The Morgan fingerprint density at radius 1 is 1.21 bits per heavy atom. The van der Waals surface area contributed by atoms with Crippen molar-refractivity contribution in [3.63, 3.8) is 0 Å². The normalized spacial score (nSPS) is 11.8. The molecule has 0 aliphatic carbocycles. The van der Waals surface area contributed by atoms with Gasteiger partial charge >= 0.3 is 11.9 Å². The van der Waals surface area contributed by atoms with Gasteiger partial charge in [-0.05, 0) is 23.8 Å². The van der Waals surface area contributed by atoms with Crippen LogP contribution in [0.25, 0.3) is 0 Å². The third kappa shape index (κ3) is 3.52. The van der Waals surface area contributed by atoms with Gasteiger partial charge in [0.2, 0.25) is 0 Å². The predicted octanol–water partition coefficient (Wildman–Crippen LogP) is 0.676. The van der Waals surface area contributed by atoms with Crippen LogP contribution in [0.15, 0.2) is 18.2 Å². The van der Waals surface area contributed by atoms with Crippen molar-refractivity contribution in [3.8, 4) is 0 Å². The predicted molar refractivity (Wildman–Crippen MR) is 65.8 cm³/mol. The van der Waals surface area contributed by atoms with E-state index in [0.29, 0.717) is 0 Å². The van der Waals surface area contributed by atoms with E-state index in [1.54, 1.807) is 0 Å². The smallest absolute Gasteiger partial charge is 0.338 e. The first-order chi connectivity index (χ1) is 9.04. The minimum absolute atomic E-state index is 0.0502. The molecule has 0 radical (unpaired) electrons. The third-order valence-electron chi connectivity index (χ3n) is 2.64.